The zero-order chi connectivity index (χ0) is 16.5. The van der Waals surface area contributed by atoms with Gasteiger partial charge >= 0.3 is 0 Å². The van der Waals surface area contributed by atoms with Gasteiger partial charge in [-0.15, -0.1) is 30.6 Å². The molecule has 0 spiro atoms. The van der Waals surface area contributed by atoms with Gasteiger partial charge in [-0.3, -0.25) is 0 Å². The number of nitrogens with zero attached hydrogens (tertiary/aromatic N) is 4. The summed E-state index contributed by atoms with van der Waals surface area (Å²) in [6, 6.07) is 4.21. The molecule has 0 atom stereocenters. The molecule has 2 rings (SSSR count). The number of guanidine groups is 1. The first-order valence-electron chi connectivity index (χ1n) is 8.24. The third kappa shape index (κ3) is 6.64. The van der Waals surface area contributed by atoms with Crippen LogP contribution in [-0.2, 0) is 6.54 Å². The smallest absolute Gasteiger partial charge is 0.191 e. The Morgan fingerprint density at radius 3 is 2.62 bits per heavy atom. The van der Waals surface area contributed by atoms with Crippen molar-refractivity contribution in [2.75, 3.05) is 51.2 Å². The maximum Gasteiger partial charge on any atom is 0.191 e. The minimum Gasteiger partial charge on any atom is -0.357 e. The van der Waals surface area contributed by atoms with E-state index < -0.39 is 0 Å². The van der Waals surface area contributed by atoms with Crippen molar-refractivity contribution in [3.05, 3.63) is 36.5 Å². The molecule has 7 heteroatoms. The monoisotopic (exact) mass is 444 g/mol. The van der Waals surface area contributed by atoms with Crippen LogP contribution in [0.2, 0.25) is 0 Å². The lowest BCUT2D eigenvalue weighted by atomic mass is 10.2. The van der Waals surface area contributed by atoms with E-state index in [1.54, 1.807) is 0 Å². The van der Waals surface area contributed by atoms with Crippen LogP contribution in [0.4, 0.5) is 5.82 Å². The highest BCUT2D eigenvalue weighted by molar-refractivity contribution is 14.0. The molecule has 6 nitrogen and oxygen atoms in total. The second-order valence-electron chi connectivity index (χ2n) is 5.68. The standard InChI is InChI=1S/C17H28N6.HI/c1-4-8-19-17(18-5-2)21-14-15-6-7-16(20-13-15)23-11-9-22(3)10-12-23;/h4,6-7,13H,1,5,8-12,14H2,2-3H3,(H2,18,19,21);1H. The number of nitrogens with one attached hydrogen (secondary N) is 2. The highest BCUT2D eigenvalue weighted by Crippen LogP contribution is 2.13. The van der Waals surface area contributed by atoms with Crippen LogP contribution in [0.5, 0.6) is 0 Å². The fourth-order valence-corrected chi connectivity index (χ4v) is 2.41. The largest absolute Gasteiger partial charge is 0.357 e. The lowest BCUT2D eigenvalue weighted by Gasteiger charge is -2.33. The fourth-order valence-electron chi connectivity index (χ4n) is 2.41. The van der Waals surface area contributed by atoms with Gasteiger partial charge < -0.3 is 20.4 Å². The molecule has 0 saturated carbocycles. The third-order valence-corrected chi connectivity index (χ3v) is 3.81. The molecule has 1 aromatic heterocycles. The Bertz CT molecular complexity index is 508. The van der Waals surface area contributed by atoms with Gasteiger partial charge in [-0.2, -0.15) is 0 Å². The fraction of sp³-hybridized carbons (Fsp3) is 0.529. The zero-order valence-electron chi connectivity index (χ0n) is 14.7. The van der Waals surface area contributed by atoms with Gasteiger partial charge in [-0.25, -0.2) is 9.98 Å². The Morgan fingerprint density at radius 1 is 1.29 bits per heavy atom. The van der Waals surface area contributed by atoms with Crippen molar-refractivity contribution in [2.45, 2.75) is 13.5 Å². The lowest BCUT2D eigenvalue weighted by molar-refractivity contribution is 0.312. The van der Waals surface area contributed by atoms with Crippen molar-refractivity contribution >= 4 is 35.8 Å². The van der Waals surface area contributed by atoms with Gasteiger partial charge in [0.15, 0.2) is 5.96 Å². The number of halogens is 1. The predicted octanol–water partition coefficient (Wildman–Crippen LogP) is 1.69. The van der Waals surface area contributed by atoms with E-state index in [0.29, 0.717) is 13.1 Å². The summed E-state index contributed by atoms with van der Waals surface area (Å²) < 4.78 is 0. The van der Waals surface area contributed by atoms with Crippen LogP contribution in [-0.4, -0.2) is 62.2 Å². The highest BCUT2D eigenvalue weighted by atomic mass is 127. The molecule has 0 aromatic carbocycles. The van der Waals surface area contributed by atoms with Crippen molar-refractivity contribution in [1.82, 2.24) is 20.5 Å². The Balaban J connectivity index is 0.00000288. The predicted molar refractivity (Wildman–Crippen MR) is 112 cm³/mol. The van der Waals surface area contributed by atoms with E-state index in [1.807, 2.05) is 12.3 Å². The van der Waals surface area contributed by atoms with E-state index >= 15 is 0 Å². The number of piperazine rings is 1. The summed E-state index contributed by atoms with van der Waals surface area (Å²) in [5, 5.41) is 6.41. The molecule has 2 N–H and O–H groups in total. The Kier molecular flexibility index (Phi) is 9.70. The summed E-state index contributed by atoms with van der Waals surface area (Å²) in [6.45, 7) is 12.2. The molecule has 0 radical (unpaired) electrons. The molecule has 1 saturated heterocycles. The average molecular weight is 444 g/mol. The molecule has 0 bridgehead atoms. The van der Waals surface area contributed by atoms with E-state index in [1.165, 1.54) is 0 Å². The van der Waals surface area contributed by atoms with Crippen LogP contribution >= 0.6 is 24.0 Å². The van der Waals surface area contributed by atoms with Crippen molar-refractivity contribution in [3.63, 3.8) is 0 Å². The summed E-state index contributed by atoms with van der Waals surface area (Å²) in [7, 11) is 2.16. The van der Waals surface area contributed by atoms with Crippen molar-refractivity contribution in [3.8, 4) is 0 Å². The molecular formula is C17H29IN6. The normalized spacial score (nSPS) is 15.6. The van der Waals surface area contributed by atoms with Gasteiger partial charge in [0, 0.05) is 45.5 Å². The van der Waals surface area contributed by atoms with E-state index in [0.717, 1.165) is 50.1 Å². The number of likely N-dealkylation sites (N-methyl/N-ethyl adjacent to an activating group) is 1. The number of rotatable bonds is 6. The van der Waals surface area contributed by atoms with Gasteiger partial charge in [0.1, 0.15) is 5.82 Å². The third-order valence-electron chi connectivity index (χ3n) is 3.81. The minimum atomic E-state index is 0. The summed E-state index contributed by atoms with van der Waals surface area (Å²) in [4.78, 5) is 13.8. The number of anilines is 1. The second kappa shape index (κ2) is 11.2. The summed E-state index contributed by atoms with van der Waals surface area (Å²) in [6.07, 6.45) is 3.74. The van der Waals surface area contributed by atoms with Crippen LogP contribution in [0.25, 0.3) is 0 Å². The summed E-state index contributed by atoms with van der Waals surface area (Å²) in [5.74, 6) is 1.86. The molecule has 0 aliphatic carbocycles. The van der Waals surface area contributed by atoms with E-state index in [9.17, 15) is 0 Å². The van der Waals surface area contributed by atoms with Gasteiger partial charge in [-0.05, 0) is 25.6 Å². The quantitative estimate of drug-likeness (QED) is 0.303. The zero-order valence-corrected chi connectivity index (χ0v) is 17.0. The van der Waals surface area contributed by atoms with Gasteiger partial charge in [0.25, 0.3) is 0 Å². The maximum atomic E-state index is 4.59. The minimum absolute atomic E-state index is 0. The topological polar surface area (TPSA) is 55.8 Å². The molecule has 24 heavy (non-hydrogen) atoms. The molecule has 1 aliphatic rings. The first-order valence-corrected chi connectivity index (χ1v) is 8.24. The van der Waals surface area contributed by atoms with Crippen molar-refractivity contribution < 1.29 is 0 Å². The molecule has 1 fully saturated rings. The Labute approximate surface area is 162 Å². The van der Waals surface area contributed by atoms with Crippen molar-refractivity contribution in [1.29, 1.82) is 0 Å². The summed E-state index contributed by atoms with van der Waals surface area (Å²) in [5.41, 5.74) is 1.11. The number of hydrogen-bond donors (Lipinski definition) is 2. The Hall–Kier alpha value is -1.35. The average Bonchev–Trinajstić information content (AvgIpc) is 2.58. The molecular weight excluding hydrogens is 415 g/mol. The van der Waals surface area contributed by atoms with Crippen LogP contribution in [0, 0.1) is 0 Å². The highest BCUT2D eigenvalue weighted by Gasteiger charge is 2.14. The van der Waals surface area contributed by atoms with E-state index in [4.69, 9.17) is 0 Å². The molecule has 1 aliphatic heterocycles. The number of hydrogen-bond acceptors (Lipinski definition) is 4. The SMILES string of the molecule is C=CCNC(=NCc1ccc(N2CCN(C)CC2)nc1)NCC.I. The summed E-state index contributed by atoms with van der Waals surface area (Å²) >= 11 is 0. The molecule has 0 amide bonds. The molecule has 0 unspecified atom stereocenters. The molecule has 1 aromatic rings. The first kappa shape index (κ1) is 20.7. The van der Waals surface area contributed by atoms with Crippen LogP contribution in [0.1, 0.15) is 12.5 Å². The number of aliphatic imine (C=N–C) groups is 1. The molecule has 134 valence electrons. The number of aromatic nitrogens is 1. The van der Waals surface area contributed by atoms with Crippen LogP contribution in [0.15, 0.2) is 36.0 Å². The lowest BCUT2D eigenvalue weighted by Crippen LogP contribution is -2.44. The van der Waals surface area contributed by atoms with Gasteiger partial charge in [0.05, 0.1) is 6.54 Å². The van der Waals surface area contributed by atoms with Crippen molar-refractivity contribution in [2.24, 2.45) is 4.99 Å². The van der Waals surface area contributed by atoms with E-state index in [2.05, 4.69) is 63.1 Å². The van der Waals surface area contributed by atoms with Gasteiger partial charge in [0.2, 0.25) is 0 Å². The Morgan fingerprint density at radius 2 is 2.04 bits per heavy atom. The molecule has 2 heterocycles. The van der Waals surface area contributed by atoms with E-state index in [-0.39, 0.29) is 24.0 Å². The number of pyridine rings is 1. The second-order valence-corrected chi connectivity index (χ2v) is 5.68. The van der Waals surface area contributed by atoms with Crippen LogP contribution in [0.3, 0.4) is 0 Å². The van der Waals surface area contributed by atoms with Crippen LogP contribution < -0.4 is 15.5 Å². The first-order chi connectivity index (χ1) is 11.2. The maximum absolute atomic E-state index is 4.59. The van der Waals surface area contributed by atoms with Gasteiger partial charge in [-0.1, -0.05) is 12.1 Å².